The van der Waals surface area contributed by atoms with E-state index < -0.39 is 0 Å². The lowest BCUT2D eigenvalue weighted by atomic mass is 9.96. The highest BCUT2D eigenvalue weighted by atomic mass is 35.5. The summed E-state index contributed by atoms with van der Waals surface area (Å²) in [5.74, 6) is -0.382. The Balaban J connectivity index is 0.00000162. The molecule has 1 aliphatic heterocycles. The summed E-state index contributed by atoms with van der Waals surface area (Å²) in [6.45, 7) is 1.17. The summed E-state index contributed by atoms with van der Waals surface area (Å²) in [4.78, 5) is 28.7. The molecule has 0 spiro atoms. The van der Waals surface area contributed by atoms with E-state index in [4.69, 9.17) is 5.73 Å². The molecule has 1 aromatic heterocycles. The lowest BCUT2D eigenvalue weighted by Gasteiger charge is -2.30. The van der Waals surface area contributed by atoms with E-state index >= 15 is 0 Å². The summed E-state index contributed by atoms with van der Waals surface area (Å²) < 4.78 is 0. The first-order valence-corrected chi connectivity index (χ1v) is 5.67. The topological polar surface area (TPSA) is 76.3 Å². The number of piperidine rings is 1. The van der Waals surface area contributed by atoms with Crippen LogP contribution in [0.15, 0.2) is 24.5 Å². The van der Waals surface area contributed by atoms with Gasteiger partial charge in [0, 0.05) is 31.4 Å². The van der Waals surface area contributed by atoms with Crippen molar-refractivity contribution in [3.05, 3.63) is 30.1 Å². The normalized spacial score (nSPS) is 15.9. The molecule has 2 amide bonds. The molecule has 1 saturated heterocycles. The smallest absolute Gasteiger partial charge is 0.255 e. The van der Waals surface area contributed by atoms with Gasteiger partial charge in [-0.25, -0.2) is 0 Å². The minimum atomic E-state index is -0.265. The van der Waals surface area contributed by atoms with E-state index in [0.29, 0.717) is 31.5 Å². The van der Waals surface area contributed by atoms with Crippen molar-refractivity contribution >= 4 is 24.2 Å². The molecule has 98 valence electrons. The quantitative estimate of drug-likeness (QED) is 0.864. The summed E-state index contributed by atoms with van der Waals surface area (Å²) >= 11 is 0. The summed E-state index contributed by atoms with van der Waals surface area (Å²) in [6, 6.07) is 3.49. The number of likely N-dealkylation sites (tertiary alicyclic amines) is 1. The minimum Gasteiger partial charge on any atom is -0.369 e. The average Bonchev–Trinajstić information content (AvgIpc) is 2.39. The molecule has 1 aromatic rings. The van der Waals surface area contributed by atoms with E-state index in [9.17, 15) is 9.59 Å². The Morgan fingerprint density at radius 2 is 2.00 bits per heavy atom. The van der Waals surface area contributed by atoms with Gasteiger partial charge < -0.3 is 10.6 Å². The molecular weight excluding hydrogens is 254 g/mol. The number of carbonyl (C=O) groups is 2. The number of halogens is 1. The highest BCUT2D eigenvalue weighted by Gasteiger charge is 2.26. The van der Waals surface area contributed by atoms with Crippen LogP contribution in [-0.4, -0.2) is 34.8 Å². The first kappa shape index (κ1) is 14.4. The number of aromatic nitrogens is 1. The van der Waals surface area contributed by atoms with Crippen LogP contribution in [0.2, 0.25) is 0 Å². The van der Waals surface area contributed by atoms with E-state index in [1.165, 1.54) is 0 Å². The summed E-state index contributed by atoms with van der Waals surface area (Å²) in [5, 5.41) is 0. The summed E-state index contributed by atoms with van der Waals surface area (Å²) in [5.41, 5.74) is 5.84. The van der Waals surface area contributed by atoms with Crippen molar-refractivity contribution in [1.29, 1.82) is 0 Å². The number of hydrogen-bond donors (Lipinski definition) is 1. The number of rotatable bonds is 2. The predicted molar refractivity (Wildman–Crippen MR) is 69.3 cm³/mol. The molecular formula is C12H16ClN3O2. The predicted octanol–water partition coefficient (Wildman–Crippen LogP) is 0.841. The molecule has 0 unspecified atom stereocenters. The standard InChI is InChI=1S/C12H15N3O2.ClH/c13-11(16)9-3-6-15(7-4-9)12(17)10-2-1-5-14-8-10;/h1-2,5,8-9H,3-4,6-7H2,(H2,13,16);1H. The second-order valence-corrected chi connectivity index (χ2v) is 4.21. The molecule has 0 radical (unpaired) electrons. The molecule has 2 heterocycles. The van der Waals surface area contributed by atoms with Crippen molar-refractivity contribution in [2.24, 2.45) is 11.7 Å². The van der Waals surface area contributed by atoms with Crippen molar-refractivity contribution < 1.29 is 9.59 Å². The van der Waals surface area contributed by atoms with Gasteiger partial charge in [0.15, 0.2) is 0 Å². The highest BCUT2D eigenvalue weighted by Crippen LogP contribution is 2.18. The van der Waals surface area contributed by atoms with Gasteiger partial charge in [-0.1, -0.05) is 0 Å². The van der Waals surface area contributed by atoms with Gasteiger partial charge in [-0.05, 0) is 25.0 Å². The second-order valence-electron chi connectivity index (χ2n) is 4.21. The third kappa shape index (κ3) is 3.20. The molecule has 18 heavy (non-hydrogen) atoms. The van der Waals surface area contributed by atoms with Crippen LogP contribution in [0.1, 0.15) is 23.2 Å². The van der Waals surface area contributed by atoms with Crippen LogP contribution in [0.5, 0.6) is 0 Å². The van der Waals surface area contributed by atoms with Gasteiger partial charge in [0.25, 0.3) is 5.91 Å². The van der Waals surface area contributed by atoms with Gasteiger partial charge in [-0.2, -0.15) is 0 Å². The van der Waals surface area contributed by atoms with Crippen LogP contribution >= 0.6 is 12.4 Å². The molecule has 0 aliphatic carbocycles. The maximum atomic E-state index is 12.0. The molecule has 6 heteroatoms. The van der Waals surface area contributed by atoms with Gasteiger partial charge in [0.05, 0.1) is 5.56 Å². The maximum Gasteiger partial charge on any atom is 0.255 e. The molecule has 0 bridgehead atoms. The Hall–Kier alpha value is -1.62. The van der Waals surface area contributed by atoms with Crippen LogP contribution in [0, 0.1) is 5.92 Å². The summed E-state index contributed by atoms with van der Waals surface area (Å²) in [7, 11) is 0. The van der Waals surface area contributed by atoms with Gasteiger partial charge in [0.2, 0.25) is 5.91 Å². The number of hydrogen-bond acceptors (Lipinski definition) is 3. The third-order valence-electron chi connectivity index (χ3n) is 3.09. The zero-order valence-corrected chi connectivity index (χ0v) is 10.7. The van der Waals surface area contributed by atoms with Crippen LogP contribution < -0.4 is 5.73 Å². The number of primary amides is 1. The zero-order valence-electron chi connectivity index (χ0n) is 9.91. The largest absolute Gasteiger partial charge is 0.369 e. The molecule has 0 aromatic carbocycles. The first-order valence-electron chi connectivity index (χ1n) is 5.67. The van der Waals surface area contributed by atoms with E-state index in [1.807, 2.05) is 0 Å². The van der Waals surface area contributed by atoms with Crippen molar-refractivity contribution in [3.63, 3.8) is 0 Å². The lowest BCUT2D eigenvalue weighted by Crippen LogP contribution is -2.41. The van der Waals surface area contributed by atoms with Gasteiger partial charge >= 0.3 is 0 Å². The molecule has 0 saturated carbocycles. The monoisotopic (exact) mass is 269 g/mol. The zero-order chi connectivity index (χ0) is 12.3. The lowest BCUT2D eigenvalue weighted by molar-refractivity contribution is -0.123. The fourth-order valence-corrected chi connectivity index (χ4v) is 2.04. The van der Waals surface area contributed by atoms with Crippen LogP contribution in [0.25, 0.3) is 0 Å². The number of carbonyl (C=O) groups excluding carboxylic acids is 2. The van der Waals surface area contributed by atoms with Gasteiger partial charge in [0.1, 0.15) is 0 Å². The maximum absolute atomic E-state index is 12.0. The van der Waals surface area contributed by atoms with E-state index in [0.717, 1.165) is 0 Å². The van der Waals surface area contributed by atoms with E-state index in [1.54, 1.807) is 29.4 Å². The minimum absolute atomic E-state index is 0. The fourth-order valence-electron chi connectivity index (χ4n) is 2.04. The van der Waals surface area contributed by atoms with E-state index in [2.05, 4.69) is 4.98 Å². The molecule has 5 nitrogen and oxygen atoms in total. The number of nitrogens with zero attached hydrogens (tertiary/aromatic N) is 2. The summed E-state index contributed by atoms with van der Waals surface area (Å²) in [6.07, 6.45) is 4.50. The Labute approximate surface area is 112 Å². The van der Waals surface area contributed by atoms with Gasteiger partial charge in [-0.15, -0.1) is 12.4 Å². The molecule has 2 rings (SSSR count). The van der Waals surface area contributed by atoms with Crippen LogP contribution in [-0.2, 0) is 4.79 Å². The second kappa shape index (κ2) is 6.35. The van der Waals surface area contributed by atoms with Crippen molar-refractivity contribution in [1.82, 2.24) is 9.88 Å². The molecule has 0 atom stereocenters. The van der Waals surface area contributed by atoms with Crippen molar-refractivity contribution in [2.45, 2.75) is 12.8 Å². The number of nitrogens with two attached hydrogens (primary N) is 1. The Bertz CT molecular complexity index is 417. The number of amides is 2. The van der Waals surface area contributed by atoms with Crippen LogP contribution in [0.3, 0.4) is 0 Å². The molecule has 1 fully saturated rings. The Morgan fingerprint density at radius 3 is 2.50 bits per heavy atom. The fraction of sp³-hybridized carbons (Fsp3) is 0.417. The Morgan fingerprint density at radius 1 is 1.33 bits per heavy atom. The molecule has 2 N–H and O–H groups in total. The van der Waals surface area contributed by atoms with Crippen molar-refractivity contribution in [3.8, 4) is 0 Å². The van der Waals surface area contributed by atoms with Crippen LogP contribution in [0.4, 0.5) is 0 Å². The first-order chi connectivity index (χ1) is 8.18. The molecule has 1 aliphatic rings. The van der Waals surface area contributed by atoms with Gasteiger partial charge in [-0.3, -0.25) is 14.6 Å². The third-order valence-corrected chi connectivity index (χ3v) is 3.09. The van der Waals surface area contributed by atoms with E-state index in [-0.39, 0.29) is 30.1 Å². The number of pyridine rings is 1. The SMILES string of the molecule is Cl.NC(=O)C1CCN(C(=O)c2cccnc2)CC1. The Kier molecular flexibility index (Phi) is 5.09. The van der Waals surface area contributed by atoms with Crippen molar-refractivity contribution in [2.75, 3.05) is 13.1 Å². The highest BCUT2D eigenvalue weighted by molar-refractivity contribution is 5.94. The average molecular weight is 270 g/mol.